The van der Waals surface area contributed by atoms with Gasteiger partial charge in [-0.1, -0.05) is 30.0 Å². The third kappa shape index (κ3) is 4.40. The summed E-state index contributed by atoms with van der Waals surface area (Å²) < 4.78 is 6.69. The van der Waals surface area contributed by atoms with Crippen LogP contribution in [-0.4, -0.2) is 62.4 Å². The van der Waals surface area contributed by atoms with Gasteiger partial charge in [-0.25, -0.2) is 0 Å². The maximum Gasteiger partial charge on any atom is 0.310 e. The summed E-state index contributed by atoms with van der Waals surface area (Å²) in [5.41, 5.74) is 0.841. The Labute approximate surface area is 155 Å². The number of esters is 1. The second-order valence-electron chi connectivity index (χ2n) is 5.93. The van der Waals surface area contributed by atoms with Crippen molar-refractivity contribution in [2.75, 3.05) is 25.4 Å². The third-order valence-corrected chi connectivity index (χ3v) is 5.06. The predicted molar refractivity (Wildman–Crippen MR) is 95.8 cm³/mol. The molecule has 138 valence electrons. The van der Waals surface area contributed by atoms with Crippen molar-refractivity contribution in [2.24, 2.45) is 5.92 Å². The van der Waals surface area contributed by atoms with Gasteiger partial charge in [0.15, 0.2) is 0 Å². The third-order valence-electron chi connectivity index (χ3n) is 4.16. The summed E-state index contributed by atoms with van der Waals surface area (Å²) >= 11 is 1.29. The minimum Gasteiger partial charge on any atom is -0.466 e. The molecule has 0 N–H and O–H groups in total. The van der Waals surface area contributed by atoms with Crippen LogP contribution >= 0.6 is 11.8 Å². The first-order chi connectivity index (χ1) is 12.7. The fourth-order valence-corrected chi connectivity index (χ4v) is 3.67. The molecule has 1 atom stereocenters. The van der Waals surface area contributed by atoms with Crippen molar-refractivity contribution in [2.45, 2.75) is 24.9 Å². The molecule has 1 aromatic heterocycles. The lowest BCUT2D eigenvalue weighted by atomic mass is 9.98. The summed E-state index contributed by atoms with van der Waals surface area (Å²) in [4.78, 5) is 26.2. The lowest BCUT2D eigenvalue weighted by Gasteiger charge is -2.31. The summed E-state index contributed by atoms with van der Waals surface area (Å²) in [6.45, 7) is 3.24. The largest absolute Gasteiger partial charge is 0.466 e. The molecule has 0 aliphatic carbocycles. The number of tetrazole rings is 1. The number of hydrogen-bond acceptors (Lipinski definition) is 7. The molecule has 3 rings (SSSR count). The number of likely N-dealkylation sites (tertiary alicyclic amines) is 1. The van der Waals surface area contributed by atoms with Gasteiger partial charge in [-0.05, 0) is 42.3 Å². The van der Waals surface area contributed by atoms with Crippen LogP contribution in [0.1, 0.15) is 19.8 Å². The molecular formula is C17H21N5O3S. The fourth-order valence-electron chi connectivity index (χ4n) is 2.87. The zero-order chi connectivity index (χ0) is 18.4. The summed E-state index contributed by atoms with van der Waals surface area (Å²) in [5, 5.41) is 12.2. The van der Waals surface area contributed by atoms with Crippen LogP contribution in [0.4, 0.5) is 0 Å². The monoisotopic (exact) mass is 375 g/mol. The van der Waals surface area contributed by atoms with Crippen molar-refractivity contribution < 1.29 is 14.3 Å². The van der Waals surface area contributed by atoms with Crippen LogP contribution < -0.4 is 0 Å². The van der Waals surface area contributed by atoms with Gasteiger partial charge in [0.25, 0.3) is 0 Å². The Hall–Kier alpha value is -2.42. The highest BCUT2D eigenvalue weighted by molar-refractivity contribution is 7.99. The first kappa shape index (κ1) is 18.4. The van der Waals surface area contributed by atoms with E-state index in [2.05, 4.69) is 15.5 Å². The molecule has 9 heteroatoms. The Balaban J connectivity index is 1.58. The summed E-state index contributed by atoms with van der Waals surface area (Å²) in [6.07, 6.45) is 1.57. The molecule has 2 heterocycles. The molecule has 1 aromatic carbocycles. The minimum absolute atomic E-state index is 0.0217. The Morgan fingerprint density at radius 1 is 1.31 bits per heavy atom. The van der Waals surface area contributed by atoms with Gasteiger partial charge in [0.05, 0.1) is 24.0 Å². The average Bonchev–Trinajstić information content (AvgIpc) is 3.15. The van der Waals surface area contributed by atoms with Gasteiger partial charge in [-0.3, -0.25) is 9.59 Å². The zero-order valence-corrected chi connectivity index (χ0v) is 15.4. The summed E-state index contributed by atoms with van der Waals surface area (Å²) in [5.74, 6) is -0.243. The molecule has 2 aromatic rings. The quantitative estimate of drug-likeness (QED) is 0.559. The molecule has 0 radical (unpaired) electrons. The molecule has 26 heavy (non-hydrogen) atoms. The van der Waals surface area contributed by atoms with Gasteiger partial charge in [-0.2, -0.15) is 4.68 Å². The average molecular weight is 375 g/mol. The number of aromatic nitrogens is 4. The maximum atomic E-state index is 12.5. The fraction of sp³-hybridized carbons (Fsp3) is 0.471. The van der Waals surface area contributed by atoms with Crippen molar-refractivity contribution in [1.29, 1.82) is 0 Å². The number of carbonyl (C=O) groups is 2. The number of piperidine rings is 1. The first-order valence-corrected chi connectivity index (χ1v) is 9.58. The van der Waals surface area contributed by atoms with Crippen LogP contribution in [0, 0.1) is 5.92 Å². The number of ether oxygens (including phenoxy) is 1. The van der Waals surface area contributed by atoms with Crippen molar-refractivity contribution in [1.82, 2.24) is 25.1 Å². The second-order valence-corrected chi connectivity index (χ2v) is 6.87. The lowest BCUT2D eigenvalue weighted by Crippen LogP contribution is -2.43. The molecule has 1 aliphatic heterocycles. The molecule has 8 nitrogen and oxygen atoms in total. The van der Waals surface area contributed by atoms with E-state index in [1.54, 1.807) is 16.5 Å². The van der Waals surface area contributed by atoms with E-state index < -0.39 is 0 Å². The first-order valence-electron chi connectivity index (χ1n) is 8.60. The van der Waals surface area contributed by atoms with Gasteiger partial charge in [0.1, 0.15) is 0 Å². The number of thioether (sulfide) groups is 1. The van der Waals surface area contributed by atoms with Crippen molar-refractivity contribution in [3.63, 3.8) is 0 Å². The summed E-state index contributed by atoms with van der Waals surface area (Å²) in [6, 6.07) is 9.52. The van der Waals surface area contributed by atoms with Gasteiger partial charge in [0.2, 0.25) is 11.1 Å². The smallest absolute Gasteiger partial charge is 0.310 e. The van der Waals surface area contributed by atoms with Crippen LogP contribution in [0.3, 0.4) is 0 Å². The number of hydrogen-bond donors (Lipinski definition) is 0. The van der Waals surface area contributed by atoms with E-state index in [1.807, 2.05) is 30.3 Å². The van der Waals surface area contributed by atoms with E-state index in [4.69, 9.17) is 4.74 Å². The predicted octanol–water partition coefficient (Wildman–Crippen LogP) is 1.56. The van der Waals surface area contributed by atoms with Crippen LogP contribution in [0.15, 0.2) is 35.5 Å². The number of nitrogens with zero attached hydrogens (tertiary/aromatic N) is 5. The Kier molecular flexibility index (Phi) is 6.21. The van der Waals surface area contributed by atoms with E-state index in [-0.39, 0.29) is 23.5 Å². The molecule has 1 aliphatic rings. The number of carbonyl (C=O) groups excluding carboxylic acids is 2. The highest BCUT2D eigenvalue weighted by Gasteiger charge is 2.29. The van der Waals surface area contributed by atoms with E-state index in [0.29, 0.717) is 24.9 Å². The molecule has 0 spiro atoms. The SMILES string of the molecule is CCOC(=O)C1CCCN(C(=O)CSc2nnnn2-c2ccccc2)C1. The van der Waals surface area contributed by atoms with Gasteiger partial charge in [-0.15, -0.1) is 5.10 Å². The van der Waals surface area contributed by atoms with E-state index in [1.165, 1.54) is 11.8 Å². The van der Waals surface area contributed by atoms with E-state index in [0.717, 1.165) is 18.5 Å². The van der Waals surface area contributed by atoms with Crippen molar-refractivity contribution >= 4 is 23.6 Å². The van der Waals surface area contributed by atoms with Crippen LogP contribution in [0.5, 0.6) is 0 Å². The minimum atomic E-state index is -0.229. The van der Waals surface area contributed by atoms with Crippen LogP contribution in [0.2, 0.25) is 0 Å². The van der Waals surface area contributed by atoms with Crippen molar-refractivity contribution in [3.8, 4) is 5.69 Å². The van der Waals surface area contributed by atoms with E-state index >= 15 is 0 Å². The standard InChI is InChI=1S/C17H21N5O3S/c1-2-25-16(24)13-7-6-10-21(11-13)15(23)12-26-17-18-19-20-22(17)14-8-4-3-5-9-14/h3-5,8-9,13H,2,6-7,10-12H2,1H3. The van der Waals surface area contributed by atoms with Gasteiger partial charge >= 0.3 is 5.97 Å². The number of rotatable bonds is 6. The second kappa shape index (κ2) is 8.79. The van der Waals surface area contributed by atoms with Gasteiger partial charge < -0.3 is 9.64 Å². The highest BCUT2D eigenvalue weighted by Crippen LogP contribution is 2.22. The molecule has 1 amide bonds. The lowest BCUT2D eigenvalue weighted by molar-refractivity contribution is -0.151. The highest BCUT2D eigenvalue weighted by atomic mass is 32.2. The number of para-hydroxylation sites is 1. The van der Waals surface area contributed by atoms with Crippen LogP contribution in [-0.2, 0) is 14.3 Å². The Morgan fingerprint density at radius 3 is 2.88 bits per heavy atom. The molecule has 1 fully saturated rings. The summed E-state index contributed by atoms with van der Waals surface area (Å²) in [7, 11) is 0. The van der Waals surface area contributed by atoms with Gasteiger partial charge in [0, 0.05) is 13.1 Å². The number of benzene rings is 1. The number of amides is 1. The molecule has 0 bridgehead atoms. The Bertz CT molecular complexity index is 752. The molecular weight excluding hydrogens is 354 g/mol. The Morgan fingerprint density at radius 2 is 2.12 bits per heavy atom. The van der Waals surface area contributed by atoms with Crippen molar-refractivity contribution in [3.05, 3.63) is 30.3 Å². The zero-order valence-electron chi connectivity index (χ0n) is 14.6. The maximum absolute atomic E-state index is 12.5. The topological polar surface area (TPSA) is 90.2 Å². The normalized spacial score (nSPS) is 17.1. The van der Waals surface area contributed by atoms with Crippen LogP contribution in [0.25, 0.3) is 5.69 Å². The molecule has 0 saturated carbocycles. The van der Waals surface area contributed by atoms with E-state index in [9.17, 15) is 9.59 Å². The molecule has 1 saturated heterocycles. The molecule has 1 unspecified atom stereocenters.